The van der Waals surface area contributed by atoms with Gasteiger partial charge in [-0.15, -0.1) is 12.8 Å². The van der Waals surface area contributed by atoms with Crippen LogP contribution in [-0.2, 0) is 4.79 Å². The van der Waals surface area contributed by atoms with Crippen molar-refractivity contribution in [3.05, 3.63) is 22.2 Å². The number of hydrogen-bond donors (Lipinski definition) is 0. The van der Waals surface area contributed by atoms with E-state index in [0.29, 0.717) is 6.54 Å². The number of hydrazone groups is 1. The van der Waals surface area contributed by atoms with Crippen LogP contribution < -0.4 is 0 Å². The highest BCUT2D eigenvalue weighted by Crippen LogP contribution is 2.17. The molecule has 0 aromatic rings. The average Bonchev–Trinajstić information content (AvgIpc) is 2.35. The van der Waals surface area contributed by atoms with Gasteiger partial charge in [-0.05, 0) is 12.5 Å². The SMILES string of the molecule is C#C.CC(=O)N1C/C=C(C)\C(Br)=C/C/C=N\1. The first kappa shape index (κ1) is 14.7. The summed E-state index contributed by atoms with van der Waals surface area (Å²) < 4.78 is 1.06. The van der Waals surface area contributed by atoms with Crippen molar-refractivity contribution in [2.45, 2.75) is 20.3 Å². The van der Waals surface area contributed by atoms with Crippen LogP contribution in [0.25, 0.3) is 0 Å². The molecule has 3 nitrogen and oxygen atoms in total. The van der Waals surface area contributed by atoms with E-state index in [4.69, 9.17) is 0 Å². The number of carbonyl (C=O) groups excluding carboxylic acids is 1. The van der Waals surface area contributed by atoms with Crippen LogP contribution in [-0.4, -0.2) is 23.7 Å². The second kappa shape index (κ2) is 7.89. The average molecular weight is 283 g/mol. The summed E-state index contributed by atoms with van der Waals surface area (Å²) in [5, 5.41) is 5.51. The Hall–Kier alpha value is -1.34. The summed E-state index contributed by atoms with van der Waals surface area (Å²) in [7, 11) is 0. The lowest BCUT2D eigenvalue weighted by Gasteiger charge is -2.11. The molecular weight excluding hydrogens is 268 g/mol. The van der Waals surface area contributed by atoms with Gasteiger partial charge in [0.15, 0.2) is 0 Å². The second-order valence-electron chi connectivity index (χ2n) is 3.07. The van der Waals surface area contributed by atoms with Crippen LogP contribution in [0.2, 0.25) is 0 Å². The van der Waals surface area contributed by atoms with Crippen LogP contribution in [0.4, 0.5) is 0 Å². The van der Waals surface area contributed by atoms with E-state index in [9.17, 15) is 4.79 Å². The molecule has 1 rings (SSSR count). The summed E-state index contributed by atoms with van der Waals surface area (Å²) in [5.41, 5.74) is 1.13. The molecule has 0 N–H and O–H groups in total. The van der Waals surface area contributed by atoms with Gasteiger partial charge in [-0.3, -0.25) is 4.79 Å². The third-order valence-corrected chi connectivity index (χ3v) is 2.88. The molecule has 0 fully saturated rings. The Labute approximate surface area is 105 Å². The predicted molar refractivity (Wildman–Crippen MR) is 71.2 cm³/mol. The van der Waals surface area contributed by atoms with Gasteiger partial charge in [-0.1, -0.05) is 28.1 Å². The van der Waals surface area contributed by atoms with Gasteiger partial charge < -0.3 is 0 Å². The van der Waals surface area contributed by atoms with Crippen molar-refractivity contribution in [1.82, 2.24) is 5.01 Å². The van der Waals surface area contributed by atoms with E-state index in [2.05, 4.69) is 33.9 Å². The fourth-order valence-electron chi connectivity index (χ4n) is 1.04. The van der Waals surface area contributed by atoms with Crippen molar-refractivity contribution >= 4 is 28.1 Å². The van der Waals surface area contributed by atoms with Crippen LogP contribution in [0.1, 0.15) is 20.3 Å². The molecule has 0 aromatic heterocycles. The number of allylic oxidation sites excluding steroid dienone is 3. The molecule has 1 amide bonds. The molecule has 1 aliphatic rings. The van der Waals surface area contributed by atoms with Crippen LogP contribution in [0.5, 0.6) is 0 Å². The lowest BCUT2D eigenvalue weighted by molar-refractivity contribution is -0.128. The molecule has 0 unspecified atom stereocenters. The largest absolute Gasteiger partial charge is 0.273 e. The molecule has 1 aliphatic heterocycles. The lowest BCUT2D eigenvalue weighted by Crippen LogP contribution is -2.23. The molecule has 0 saturated carbocycles. The standard InChI is InChI=1S/C10H13BrN2O.C2H2/c1-8-5-7-13(9(2)14)12-6-3-4-10(8)11;1-2/h4-6H,3,7H2,1-2H3;1-2H/b8-5-,10-4+,12-6-;. The Balaban J connectivity index is 0.00000106. The zero-order valence-electron chi connectivity index (χ0n) is 9.48. The first-order valence-electron chi connectivity index (χ1n) is 4.78. The summed E-state index contributed by atoms with van der Waals surface area (Å²) in [6.07, 6.45) is 14.5. The topological polar surface area (TPSA) is 32.7 Å². The van der Waals surface area contributed by atoms with Crippen LogP contribution in [0, 0.1) is 12.8 Å². The molecule has 86 valence electrons. The minimum absolute atomic E-state index is 0.0386. The summed E-state index contributed by atoms with van der Waals surface area (Å²) in [4.78, 5) is 11.1. The molecule has 1 heterocycles. The zero-order valence-corrected chi connectivity index (χ0v) is 11.1. The zero-order chi connectivity index (χ0) is 12.6. The van der Waals surface area contributed by atoms with Gasteiger partial charge in [0.2, 0.25) is 5.91 Å². The number of nitrogens with zero attached hydrogens (tertiary/aromatic N) is 2. The van der Waals surface area contributed by atoms with Gasteiger partial charge in [0.1, 0.15) is 0 Å². The highest BCUT2D eigenvalue weighted by molar-refractivity contribution is 9.12. The highest BCUT2D eigenvalue weighted by atomic mass is 79.9. The molecule has 4 heteroatoms. The maximum Gasteiger partial charge on any atom is 0.239 e. The van der Waals surface area contributed by atoms with E-state index >= 15 is 0 Å². The number of carbonyl (C=O) groups is 1. The summed E-state index contributed by atoms with van der Waals surface area (Å²) in [6.45, 7) is 4.05. The van der Waals surface area contributed by atoms with Gasteiger partial charge in [0, 0.05) is 24.0 Å². The molecule has 0 aliphatic carbocycles. The second-order valence-corrected chi connectivity index (χ2v) is 3.93. The maximum atomic E-state index is 11.1. The number of rotatable bonds is 0. The third-order valence-electron chi connectivity index (χ3n) is 1.93. The van der Waals surface area contributed by atoms with E-state index in [1.54, 1.807) is 6.21 Å². The first-order chi connectivity index (χ1) is 7.61. The van der Waals surface area contributed by atoms with Gasteiger partial charge in [0.25, 0.3) is 0 Å². The van der Waals surface area contributed by atoms with E-state index in [-0.39, 0.29) is 5.91 Å². The first-order valence-corrected chi connectivity index (χ1v) is 5.57. The maximum absolute atomic E-state index is 11.1. The smallest absolute Gasteiger partial charge is 0.239 e. The van der Waals surface area contributed by atoms with E-state index < -0.39 is 0 Å². The van der Waals surface area contributed by atoms with Gasteiger partial charge in [-0.2, -0.15) is 5.10 Å². The lowest BCUT2D eigenvalue weighted by atomic mass is 10.2. The molecule has 0 atom stereocenters. The van der Waals surface area contributed by atoms with Gasteiger partial charge in [-0.25, -0.2) is 5.01 Å². The quantitative estimate of drug-likeness (QED) is 0.629. The molecular formula is C12H15BrN2O. The molecule has 0 aromatic carbocycles. The van der Waals surface area contributed by atoms with Crippen molar-refractivity contribution < 1.29 is 4.79 Å². The highest BCUT2D eigenvalue weighted by Gasteiger charge is 2.05. The Morgan fingerprint density at radius 3 is 2.69 bits per heavy atom. The van der Waals surface area contributed by atoms with Crippen LogP contribution >= 0.6 is 15.9 Å². The third kappa shape index (κ3) is 4.94. The fraction of sp³-hybridized carbons (Fsp3) is 0.333. The molecule has 0 spiro atoms. The molecule has 0 radical (unpaired) electrons. The Morgan fingerprint density at radius 2 is 2.12 bits per heavy atom. The summed E-state index contributed by atoms with van der Waals surface area (Å²) >= 11 is 3.46. The number of halogens is 1. The van der Waals surface area contributed by atoms with Crippen LogP contribution in [0.3, 0.4) is 0 Å². The molecule has 0 bridgehead atoms. The minimum Gasteiger partial charge on any atom is -0.273 e. The van der Waals surface area contributed by atoms with Crippen molar-refractivity contribution in [1.29, 1.82) is 0 Å². The van der Waals surface area contributed by atoms with Crippen molar-refractivity contribution in [2.75, 3.05) is 6.54 Å². The molecule has 16 heavy (non-hydrogen) atoms. The number of hydrogen-bond acceptors (Lipinski definition) is 2. The summed E-state index contributed by atoms with van der Waals surface area (Å²) in [5.74, 6) is -0.0386. The normalized spacial score (nSPS) is 24.2. The summed E-state index contributed by atoms with van der Waals surface area (Å²) in [6, 6.07) is 0. The Morgan fingerprint density at radius 1 is 1.50 bits per heavy atom. The van der Waals surface area contributed by atoms with Crippen molar-refractivity contribution in [3.63, 3.8) is 0 Å². The van der Waals surface area contributed by atoms with Crippen molar-refractivity contribution in [3.8, 4) is 12.8 Å². The Kier molecular flexibility index (Phi) is 7.23. The van der Waals surface area contributed by atoms with Crippen LogP contribution in [0.15, 0.2) is 27.3 Å². The van der Waals surface area contributed by atoms with E-state index in [1.165, 1.54) is 11.9 Å². The van der Waals surface area contributed by atoms with Gasteiger partial charge in [0.05, 0.1) is 6.54 Å². The fourth-order valence-corrected chi connectivity index (χ4v) is 1.39. The Bertz CT molecular complexity index is 353. The monoisotopic (exact) mass is 282 g/mol. The minimum atomic E-state index is -0.0386. The number of terminal acetylenes is 1. The predicted octanol–water partition coefficient (Wildman–Crippen LogP) is 2.70. The van der Waals surface area contributed by atoms with E-state index in [1.807, 2.05) is 19.1 Å². The van der Waals surface area contributed by atoms with Crippen molar-refractivity contribution in [2.24, 2.45) is 5.10 Å². The number of amides is 1. The van der Waals surface area contributed by atoms with E-state index in [0.717, 1.165) is 16.5 Å². The molecule has 0 saturated heterocycles. The van der Waals surface area contributed by atoms with Gasteiger partial charge >= 0.3 is 0 Å².